The zero-order valence-electron chi connectivity index (χ0n) is 19.9. The van der Waals surface area contributed by atoms with E-state index in [1.807, 2.05) is 0 Å². The predicted molar refractivity (Wildman–Crippen MR) is 128 cm³/mol. The second-order valence-electron chi connectivity index (χ2n) is 8.36. The fraction of sp³-hybridized carbons (Fsp3) is 0.280. The molecule has 0 spiro atoms. The van der Waals surface area contributed by atoms with Gasteiger partial charge in [-0.2, -0.15) is 5.10 Å². The van der Waals surface area contributed by atoms with Gasteiger partial charge < -0.3 is 24.4 Å². The van der Waals surface area contributed by atoms with Gasteiger partial charge in [0.25, 0.3) is 0 Å². The quantitative estimate of drug-likeness (QED) is 0.342. The van der Waals surface area contributed by atoms with E-state index in [0.29, 0.717) is 34.8 Å². The lowest BCUT2D eigenvalue weighted by molar-refractivity contribution is -0.0716. The number of nitrogens with zero attached hydrogens (tertiary/aromatic N) is 6. The van der Waals surface area contributed by atoms with Crippen LogP contribution in [0.15, 0.2) is 64.7 Å². The molecule has 2 N–H and O–H groups in total. The SMILES string of the molecule is CCOC(O)C1=C(O)CN(c2nc(-c3cc(-c4ccon4)n(Cc4ccccc4F)n3)ncc2F)CC1. The van der Waals surface area contributed by atoms with Crippen LogP contribution in [0.3, 0.4) is 0 Å². The van der Waals surface area contributed by atoms with Crippen molar-refractivity contribution >= 4 is 5.82 Å². The summed E-state index contributed by atoms with van der Waals surface area (Å²) in [6, 6.07) is 9.67. The molecule has 4 heterocycles. The molecule has 4 aromatic rings. The van der Waals surface area contributed by atoms with Crippen molar-refractivity contribution in [1.29, 1.82) is 0 Å². The number of aromatic nitrogens is 5. The molecule has 0 saturated carbocycles. The molecule has 0 amide bonds. The van der Waals surface area contributed by atoms with Crippen LogP contribution in [0.5, 0.6) is 0 Å². The second kappa shape index (κ2) is 10.4. The van der Waals surface area contributed by atoms with Crippen molar-refractivity contribution in [2.24, 2.45) is 0 Å². The van der Waals surface area contributed by atoms with Gasteiger partial charge in [0.2, 0.25) is 0 Å². The fourth-order valence-electron chi connectivity index (χ4n) is 4.16. The number of aliphatic hydroxyl groups is 2. The van der Waals surface area contributed by atoms with Crippen LogP contribution in [-0.2, 0) is 11.3 Å². The monoisotopic (exact) mass is 510 g/mol. The van der Waals surface area contributed by atoms with Crippen molar-refractivity contribution < 1.29 is 28.3 Å². The first kappa shape index (κ1) is 24.5. The van der Waals surface area contributed by atoms with E-state index < -0.39 is 12.1 Å². The number of rotatable bonds is 8. The molecule has 192 valence electrons. The molecule has 1 aliphatic heterocycles. The lowest BCUT2D eigenvalue weighted by atomic mass is 10.1. The molecular weight excluding hydrogens is 486 g/mol. The molecule has 3 aromatic heterocycles. The second-order valence-corrected chi connectivity index (χ2v) is 8.36. The van der Waals surface area contributed by atoms with Gasteiger partial charge in [-0.15, -0.1) is 0 Å². The van der Waals surface area contributed by atoms with Crippen LogP contribution in [0.2, 0.25) is 0 Å². The van der Waals surface area contributed by atoms with Crippen LogP contribution >= 0.6 is 0 Å². The van der Waals surface area contributed by atoms with E-state index in [1.54, 1.807) is 46.8 Å². The third-order valence-corrected chi connectivity index (χ3v) is 6.00. The molecule has 1 aromatic carbocycles. The Labute approximate surface area is 210 Å². The van der Waals surface area contributed by atoms with Gasteiger partial charge in [-0.3, -0.25) is 4.68 Å². The summed E-state index contributed by atoms with van der Waals surface area (Å²) < 4.78 is 40.8. The average molecular weight is 511 g/mol. The van der Waals surface area contributed by atoms with Crippen LogP contribution in [0.1, 0.15) is 18.9 Å². The Morgan fingerprint density at radius 1 is 1.16 bits per heavy atom. The third kappa shape index (κ3) is 5.06. The molecular formula is C25H24F2N6O4. The normalized spacial score (nSPS) is 14.9. The van der Waals surface area contributed by atoms with E-state index in [0.717, 1.165) is 6.20 Å². The molecule has 1 atom stereocenters. The zero-order chi connectivity index (χ0) is 25.9. The Hall–Kier alpha value is -4.16. The minimum atomic E-state index is -1.22. The molecule has 5 rings (SSSR count). The summed E-state index contributed by atoms with van der Waals surface area (Å²) in [7, 11) is 0. The first-order valence-electron chi connectivity index (χ1n) is 11.6. The Balaban J connectivity index is 1.48. The summed E-state index contributed by atoms with van der Waals surface area (Å²) in [4.78, 5) is 10.0. The number of ether oxygens (including phenoxy) is 1. The van der Waals surface area contributed by atoms with Gasteiger partial charge in [-0.1, -0.05) is 23.4 Å². The maximum absolute atomic E-state index is 14.8. The van der Waals surface area contributed by atoms with E-state index in [9.17, 15) is 19.0 Å². The van der Waals surface area contributed by atoms with Gasteiger partial charge in [-0.25, -0.2) is 18.7 Å². The predicted octanol–water partition coefficient (Wildman–Crippen LogP) is 3.70. The molecule has 0 saturated heterocycles. The first-order chi connectivity index (χ1) is 17.9. The zero-order valence-corrected chi connectivity index (χ0v) is 19.9. The van der Waals surface area contributed by atoms with E-state index in [4.69, 9.17) is 9.26 Å². The number of hydrogen-bond acceptors (Lipinski definition) is 9. The Bertz CT molecular complexity index is 1420. The molecule has 12 heteroatoms. The van der Waals surface area contributed by atoms with E-state index >= 15 is 0 Å². The van der Waals surface area contributed by atoms with Crippen molar-refractivity contribution in [1.82, 2.24) is 24.9 Å². The number of anilines is 1. The van der Waals surface area contributed by atoms with Gasteiger partial charge in [0.15, 0.2) is 23.7 Å². The van der Waals surface area contributed by atoms with Gasteiger partial charge in [0.1, 0.15) is 29.2 Å². The average Bonchev–Trinajstić information content (AvgIpc) is 3.56. The van der Waals surface area contributed by atoms with Crippen molar-refractivity contribution in [3.05, 3.63) is 77.4 Å². The minimum absolute atomic E-state index is 0.0202. The van der Waals surface area contributed by atoms with Crippen LogP contribution in [0.25, 0.3) is 22.9 Å². The molecule has 37 heavy (non-hydrogen) atoms. The first-order valence-corrected chi connectivity index (χ1v) is 11.6. The molecule has 0 radical (unpaired) electrons. The highest BCUT2D eigenvalue weighted by Gasteiger charge is 2.27. The Morgan fingerprint density at radius 2 is 2.00 bits per heavy atom. The van der Waals surface area contributed by atoms with Crippen LogP contribution < -0.4 is 4.90 Å². The van der Waals surface area contributed by atoms with Crippen molar-refractivity contribution in [3.8, 4) is 22.9 Å². The standard InChI is InChI=1S/C25H24F2N6O4/c1-2-36-25(35)16-7-9-32(14-22(16)34)24-18(27)12-28-23(29-24)20-11-21(19-8-10-37-31-19)33(30-20)13-15-5-3-4-6-17(15)26/h3-6,8,10-12,25,34-35H,2,7,9,13-14H2,1H3. The number of hydrogen-bond donors (Lipinski definition) is 2. The maximum atomic E-state index is 14.8. The van der Waals surface area contributed by atoms with E-state index in [2.05, 4.69) is 20.2 Å². The molecule has 1 aliphatic rings. The smallest absolute Gasteiger partial charge is 0.183 e. The minimum Gasteiger partial charge on any atom is -0.510 e. The summed E-state index contributed by atoms with van der Waals surface area (Å²) in [5, 5.41) is 29.0. The fourth-order valence-corrected chi connectivity index (χ4v) is 4.16. The van der Waals surface area contributed by atoms with Crippen LogP contribution in [0.4, 0.5) is 14.6 Å². The van der Waals surface area contributed by atoms with Crippen molar-refractivity contribution in [3.63, 3.8) is 0 Å². The highest BCUT2D eigenvalue weighted by atomic mass is 19.1. The number of halogens is 2. The van der Waals surface area contributed by atoms with Gasteiger partial charge in [0, 0.05) is 30.4 Å². The van der Waals surface area contributed by atoms with Gasteiger partial charge in [0.05, 0.1) is 25.0 Å². The highest BCUT2D eigenvalue weighted by Crippen LogP contribution is 2.29. The summed E-state index contributed by atoms with van der Waals surface area (Å²) in [5.74, 6) is -1.04. The summed E-state index contributed by atoms with van der Waals surface area (Å²) >= 11 is 0. The molecule has 0 bridgehead atoms. The molecule has 1 unspecified atom stereocenters. The molecule has 0 aliphatic carbocycles. The van der Waals surface area contributed by atoms with Crippen molar-refractivity contribution in [2.45, 2.75) is 26.2 Å². The van der Waals surface area contributed by atoms with Crippen molar-refractivity contribution in [2.75, 3.05) is 24.6 Å². The number of benzene rings is 1. The van der Waals surface area contributed by atoms with E-state index in [-0.39, 0.29) is 49.3 Å². The summed E-state index contributed by atoms with van der Waals surface area (Å²) in [6.07, 6.45) is 1.49. The van der Waals surface area contributed by atoms with E-state index in [1.165, 1.54) is 12.3 Å². The number of aliphatic hydroxyl groups excluding tert-OH is 2. The molecule has 0 fully saturated rings. The maximum Gasteiger partial charge on any atom is 0.183 e. The largest absolute Gasteiger partial charge is 0.510 e. The van der Waals surface area contributed by atoms with Gasteiger partial charge in [-0.05, 0) is 25.5 Å². The summed E-state index contributed by atoms with van der Waals surface area (Å²) in [6.45, 7) is 2.37. The lowest BCUT2D eigenvalue weighted by Gasteiger charge is -2.30. The van der Waals surface area contributed by atoms with Crippen LogP contribution in [-0.4, -0.2) is 61.1 Å². The Kier molecular flexibility index (Phi) is 6.93. The topological polar surface area (TPSA) is 123 Å². The van der Waals surface area contributed by atoms with Crippen LogP contribution in [0, 0.1) is 11.6 Å². The van der Waals surface area contributed by atoms with Gasteiger partial charge >= 0.3 is 0 Å². The molecule has 10 nitrogen and oxygen atoms in total. The summed E-state index contributed by atoms with van der Waals surface area (Å²) in [5.41, 5.74) is 2.11. The Morgan fingerprint density at radius 3 is 2.73 bits per heavy atom. The highest BCUT2D eigenvalue weighted by molar-refractivity contribution is 5.63. The third-order valence-electron chi connectivity index (χ3n) is 6.00. The lowest BCUT2D eigenvalue weighted by Crippen LogP contribution is -2.36.